The van der Waals surface area contributed by atoms with Crippen molar-refractivity contribution >= 4 is 11.9 Å². The minimum Gasteiger partial charge on any atom is -0.392 e. The Morgan fingerprint density at radius 3 is 2.22 bits per heavy atom. The predicted octanol–water partition coefficient (Wildman–Crippen LogP) is 5.93. The number of aliphatic hydroxyl groups excluding tert-OH is 1. The zero-order chi connectivity index (χ0) is 33.4. The molecule has 0 bridgehead atoms. The van der Waals surface area contributed by atoms with Gasteiger partial charge in [-0.1, -0.05) is 84.9 Å². The van der Waals surface area contributed by atoms with Gasteiger partial charge in [0.1, 0.15) is 0 Å². The van der Waals surface area contributed by atoms with Gasteiger partial charge < -0.3 is 24.8 Å². The molecule has 1 amide bonds. The average Bonchev–Trinajstić information content (AvgIpc) is 3.18. The van der Waals surface area contributed by atoms with Gasteiger partial charge in [-0.3, -0.25) is 9.69 Å². The van der Waals surface area contributed by atoms with E-state index in [1.807, 2.05) is 72.8 Å². The molecule has 9 heteroatoms. The summed E-state index contributed by atoms with van der Waals surface area (Å²) in [5.74, 6) is 0.689. The van der Waals surface area contributed by atoms with Gasteiger partial charge in [-0.15, -0.1) is 0 Å². The Balaban J connectivity index is 1.03. The van der Waals surface area contributed by atoms with Crippen LogP contribution in [0.5, 0.6) is 0 Å². The number of carbonyl (C=O) groups is 1. The molecule has 0 radical (unpaired) electrons. The molecule has 0 saturated carbocycles. The first-order chi connectivity index (χ1) is 24.1. The largest absolute Gasteiger partial charge is 0.392 e. The van der Waals surface area contributed by atoms with E-state index in [2.05, 4.69) is 61.5 Å². The van der Waals surface area contributed by atoms with Crippen LogP contribution in [0.4, 0.5) is 5.95 Å². The van der Waals surface area contributed by atoms with Gasteiger partial charge in [0, 0.05) is 69.2 Å². The Labute approximate surface area is 287 Å². The predicted molar refractivity (Wildman–Crippen MR) is 189 cm³/mol. The van der Waals surface area contributed by atoms with Crippen molar-refractivity contribution in [3.63, 3.8) is 0 Å². The maximum absolute atomic E-state index is 12.6. The number of aliphatic hydroxyl groups is 1. The van der Waals surface area contributed by atoms with Crippen LogP contribution >= 0.6 is 0 Å². The van der Waals surface area contributed by atoms with Gasteiger partial charge >= 0.3 is 0 Å². The molecule has 1 aromatic heterocycles. The van der Waals surface area contributed by atoms with Crippen LogP contribution in [0.1, 0.15) is 51.4 Å². The fourth-order valence-corrected chi connectivity index (χ4v) is 6.47. The second-order valence-electron chi connectivity index (χ2n) is 12.6. The van der Waals surface area contributed by atoms with Crippen LogP contribution in [0.2, 0.25) is 0 Å². The summed E-state index contributed by atoms with van der Waals surface area (Å²) in [6.07, 6.45) is 3.63. The summed E-state index contributed by atoms with van der Waals surface area (Å²) < 4.78 is 13.3. The molecule has 2 aliphatic heterocycles. The lowest BCUT2D eigenvalue weighted by Gasteiger charge is -2.40. The monoisotopic (exact) mass is 655 g/mol. The van der Waals surface area contributed by atoms with Crippen LogP contribution in [0, 0.1) is 0 Å². The molecule has 3 heterocycles. The fourth-order valence-electron chi connectivity index (χ4n) is 6.47. The molecule has 49 heavy (non-hydrogen) atoms. The number of nitrogens with one attached hydrogen (secondary N) is 1. The maximum Gasteiger partial charge on any atom is 0.251 e. The van der Waals surface area contributed by atoms with Gasteiger partial charge in [-0.25, -0.2) is 9.97 Å². The van der Waals surface area contributed by atoms with Crippen LogP contribution in [-0.4, -0.2) is 64.7 Å². The number of piperazine rings is 1. The maximum atomic E-state index is 12.6. The fraction of sp³-hybridized carbons (Fsp3) is 0.275. The minimum atomic E-state index is -0.520. The van der Waals surface area contributed by atoms with E-state index >= 15 is 0 Å². The molecule has 0 spiro atoms. The van der Waals surface area contributed by atoms with E-state index in [-0.39, 0.29) is 24.7 Å². The van der Waals surface area contributed by atoms with Gasteiger partial charge in [-0.2, -0.15) is 0 Å². The number of hydrogen-bond donors (Lipinski definition) is 2. The SMILES string of the molecule is O=C(NCc1cccc(-c2ccc([C@@H]3O[C@H](CN4CCN(c5ncccn5)CC4)C[C@H](c4ccc(CO)cc4)O3)cc2)c1)c1ccccc1. The van der Waals surface area contributed by atoms with Crippen LogP contribution in [0.3, 0.4) is 0 Å². The highest BCUT2D eigenvalue weighted by Gasteiger charge is 2.34. The molecule has 2 saturated heterocycles. The van der Waals surface area contributed by atoms with Gasteiger partial charge in [0.05, 0.1) is 18.8 Å². The molecule has 2 aliphatic rings. The molecular weight excluding hydrogens is 614 g/mol. The molecule has 0 unspecified atom stereocenters. The van der Waals surface area contributed by atoms with Crippen molar-refractivity contribution in [3.05, 3.63) is 149 Å². The van der Waals surface area contributed by atoms with Gasteiger partial charge in [0.2, 0.25) is 5.95 Å². The summed E-state index contributed by atoms with van der Waals surface area (Å²) >= 11 is 0. The third-order valence-electron chi connectivity index (χ3n) is 9.22. The minimum absolute atomic E-state index is 0.0117. The highest BCUT2D eigenvalue weighted by Crippen LogP contribution is 2.39. The summed E-state index contributed by atoms with van der Waals surface area (Å²) in [5.41, 5.74) is 6.74. The third kappa shape index (κ3) is 8.21. The molecule has 5 aromatic rings. The van der Waals surface area contributed by atoms with Crippen LogP contribution in [-0.2, 0) is 22.6 Å². The van der Waals surface area contributed by atoms with E-state index in [0.29, 0.717) is 12.1 Å². The molecular formula is C40H41N5O4. The lowest BCUT2D eigenvalue weighted by Crippen LogP contribution is -2.50. The Morgan fingerprint density at radius 1 is 0.755 bits per heavy atom. The van der Waals surface area contributed by atoms with Crippen molar-refractivity contribution in [2.75, 3.05) is 37.6 Å². The zero-order valence-electron chi connectivity index (χ0n) is 27.4. The summed E-state index contributed by atoms with van der Waals surface area (Å²) in [5, 5.41) is 12.6. The van der Waals surface area contributed by atoms with Crippen molar-refractivity contribution < 1.29 is 19.4 Å². The first-order valence-electron chi connectivity index (χ1n) is 16.9. The highest BCUT2D eigenvalue weighted by atomic mass is 16.7. The molecule has 250 valence electrons. The summed E-state index contributed by atoms with van der Waals surface area (Å²) in [6.45, 7) is 4.81. The van der Waals surface area contributed by atoms with Crippen molar-refractivity contribution in [3.8, 4) is 11.1 Å². The Bertz CT molecular complexity index is 1800. The van der Waals surface area contributed by atoms with Crippen molar-refractivity contribution in [1.82, 2.24) is 20.2 Å². The smallest absolute Gasteiger partial charge is 0.251 e. The summed E-state index contributed by atoms with van der Waals surface area (Å²) in [6, 6.07) is 35.7. The number of anilines is 1. The molecule has 4 aromatic carbocycles. The third-order valence-corrected chi connectivity index (χ3v) is 9.22. The topological polar surface area (TPSA) is 100 Å². The number of ether oxygens (including phenoxy) is 2. The van der Waals surface area contributed by atoms with Crippen LogP contribution in [0.25, 0.3) is 11.1 Å². The van der Waals surface area contributed by atoms with E-state index in [1.165, 1.54) is 0 Å². The number of carbonyl (C=O) groups excluding carboxylic acids is 1. The Hall–Kier alpha value is -4.93. The first kappa shape index (κ1) is 32.6. The lowest BCUT2D eigenvalue weighted by molar-refractivity contribution is -0.253. The van der Waals surface area contributed by atoms with E-state index in [9.17, 15) is 9.90 Å². The number of benzene rings is 4. The normalized spacial score (nSPS) is 19.8. The highest BCUT2D eigenvalue weighted by molar-refractivity contribution is 5.94. The van der Waals surface area contributed by atoms with E-state index in [0.717, 1.165) is 78.5 Å². The van der Waals surface area contributed by atoms with Gasteiger partial charge in [0.25, 0.3) is 5.91 Å². The van der Waals surface area contributed by atoms with Gasteiger partial charge in [0.15, 0.2) is 6.29 Å². The number of amides is 1. The Kier molecular flexibility index (Phi) is 10.3. The van der Waals surface area contributed by atoms with Crippen molar-refractivity contribution in [1.29, 1.82) is 0 Å². The standard InChI is InChI=1S/C40H41N5O4/c46-28-29-10-12-32(13-11-29)37-25-36(27-44-20-22-45(23-21-44)40-41-18-5-19-42-40)48-39(49-37)34-16-14-31(15-17-34)35-9-4-6-30(24-35)26-43-38(47)33-7-2-1-3-8-33/h1-19,24,36-37,39,46H,20-23,25-28H2,(H,43,47)/t36-,37+,39+/m0/s1. The second kappa shape index (κ2) is 15.5. The quantitative estimate of drug-likeness (QED) is 0.191. The summed E-state index contributed by atoms with van der Waals surface area (Å²) in [4.78, 5) is 26.1. The van der Waals surface area contributed by atoms with Crippen LogP contribution in [0.15, 0.2) is 122 Å². The first-order valence-corrected chi connectivity index (χ1v) is 16.9. The second-order valence-corrected chi connectivity index (χ2v) is 12.6. The van der Waals surface area contributed by atoms with E-state index in [4.69, 9.17) is 9.47 Å². The molecule has 2 N–H and O–H groups in total. The lowest BCUT2D eigenvalue weighted by atomic mass is 9.98. The number of aromatic nitrogens is 2. The summed E-state index contributed by atoms with van der Waals surface area (Å²) in [7, 11) is 0. The molecule has 9 nitrogen and oxygen atoms in total. The van der Waals surface area contributed by atoms with Crippen molar-refractivity contribution in [2.24, 2.45) is 0 Å². The zero-order valence-corrected chi connectivity index (χ0v) is 27.4. The molecule has 3 atom stereocenters. The number of nitrogens with zero attached hydrogens (tertiary/aromatic N) is 4. The molecule has 2 fully saturated rings. The van der Waals surface area contributed by atoms with Crippen molar-refractivity contribution in [2.45, 2.75) is 38.1 Å². The average molecular weight is 656 g/mol. The molecule has 7 rings (SSSR count). The molecule has 0 aliphatic carbocycles. The number of rotatable bonds is 10. The Morgan fingerprint density at radius 2 is 1.49 bits per heavy atom. The van der Waals surface area contributed by atoms with E-state index < -0.39 is 6.29 Å². The van der Waals surface area contributed by atoms with Crippen LogP contribution < -0.4 is 10.2 Å². The number of hydrogen-bond acceptors (Lipinski definition) is 8. The van der Waals surface area contributed by atoms with Gasteiger partial charge in [-0.05, 0) is 52.1 Å². The van der Waals surface area contributed by atoms with E-state index in [1.54, 1.807) is 12.4 Å².